The van der Waals surface area contributed by atoms with Gasteiger partial charge in [0, 0.05) is 0 Å². The van der Waals surface area contributed by atoms with Crippen molar-refractivity contribution in [3.8, 4) is 0 Å². The highest BCUT2D eigenvalue weighted by molar-refractivity contribution is 7.39. The Kier molecular flexibility index (Phi) is 5.50. The van der Waals surface area contributed by atoms with Crippen molar-refractivity contribution in [3.05, 3.63) is 28.8 Å². The lowest BCUT2D eigenvalue weighted by Crippen LogP contribution is -2.25. The molecule has 0 aromatic heterocycles. The van der Waals surface area contributed by atoms with E-state index in [9.17, 15) is 0 Å². The predicted octanol–water partition coefficient (Wildman–Crippen LogP) is 3.55. The lowest BCUT2D eigenvalue weighted by molar-refractivity contribution is 0.988. The van der Waals surface area contributed by atoms with Crippen LogP contribution in [0.4, 0.5) is 0 Å². The monoisotopic (exact) mass is 258 g/mol. The lowest BCUT2D eigenvalue weighted by Gasteiger charge is -2.16. The molecule has 3 heteroatoms. The summed E-state index contributed by atoms with van der Waals surface area (Å²) in [6.45, 7) is 6.59. The fourth-order valence-corrected chi connectivity index (χ4v) is 4.26. The highest BCUT2D eigenvalue weighted by atomic mass is 35.7. The first-order valence-electron chi connectivity index (χ1n) is 5.57. The van der Waals surface area contributed by atoms with Crippen molar-refractivity contribution in [2.24, 2.45) is 0 Å². The SMILES string of the molecule is CCc1cc[c]([Al]([Cl])[Cl])c(CC)c1CC. The third-order valence-corrected chi connectivity index (χ3v) is 5.31. The van der Waals surface area contributed by atoms with Crippen LogP contribution in [0.2, 0.25) is 0 Å². The van der Waals surface area contributed by atoms with Gasteiger partial charge in [-0.3, -0.25) is 0 Å². The van der Waals surface area contributed by atoms with Crippen molar-refractivity contribution in [2.45, 2.75) is 40.0 Å². The Hall–Kier alpha value is 0.332. The Morgan fingerprint density at radius 1 is 0.933 bits per heavy atom. The summed E-state index contributed by atoms with van der Waals surface area (Å²) in [5.74, 6) is 0. The minimum Gasteiger partial charge on any atom is -0.226 e. The smallest absolute Gasteiger partial charge is 0.226 e. The molecule has 1 rings (SSSR count). The van der Waals surface area contributed by atoms with Gasteiger partial charge in [0.2, 0.25) is 0 Å². The molecule has 1 aromatic rings. The van der Waals surface area contributed by atoms with Crippen LogP contribution >= 0.6 is 20.1 Å². The van der Waals surface area contributed by atoms with Crippen LogP contribution in [0.3, 0.4) is 0 Å². The molecule has 0 atom stereocenters. The van der Waals surface area contributed by atoms with Crippen molar-refractivity contribution in [1.82, 2.24) is 0 Å². The number of hydrogen-bond acceptors (Lipinski definition) is 0. The Balaban J connectivity index is 3.34. The third-order valence-electron chi connectivity index (χ3n) is 2.89. The number of aryl methyl sites for hydroxylation is 1. The topological polar surface area (TPSA) is 0 Å². The molecule has 0 bridgehead atoms. The quantitative estimate of drug-likeness (QED) is 0.725. The molecule has 0 nitrogen and oxygen atoms in total. The molecule has 0 N–H and O–H groups in total. The molecule has 15 heavy (non-hydrogen) atoms. The molecule has 0 aliphatic carbocycles. The van der Waals surface area contributed by atoms with Crippen LogP contribution in [-0.2, 0) is 19.3 Å². The van der Waals surface area contributed by atoms with Gasteiger partial charge in [0.1, 0.15) is 0 Å². The zero-order valence-electron chi connectivity index (χ0n) is 9.61. The number of rotatable bonds is 4. The summed E-state index contributed by atoms with van der Waals surface area (Å²) in [6, 6.07) is 4.33. The number of benzene rings is 1. The molecule has 0 spiro atoms. The van der Waals surface area contributed by atoms with E-state index < -0.39 is 12.3 Å². The van der Waals surface area contributed by atoms with Crippen LogP contribution in [0.15, 0.2) is 12.1 Å². The second-order valence-corrected chi connectivity index (χ2v) is 8.14. The lowest BCUT2D eigenvalue weighted by atomic mass is 9.95. The van der Waals surface area contributed by atoms with Gasteiger partial charge in [0.25, 0.3) is 0 Å². The number of halogens is 2. The van der Waals surface area contributed by atoms with Gasteiger partial charge in [-0.15, -0.1) is 0 Å². The molecule has 0 aliphatic heterocycles. The fourth-order valence-electron chi connectivity index (χ4n) is 2.15. The van der Waals surface area contributed by atoms with Crippen LogP contribution in [0.5, 0.6) is 0 Å². The van der Waals surface area contributed by atoms with Crippen molar-refractivity contribution in [3.63, 3.8) is 0 Å². The first-order valence-corrected chi connectivity index (χ1v) is 9.64. The van der Waals surface area contributed by atoms with Crippen molar-refractivity contribution >= 4 is 36.8 Å². The summed E-state index contributed by atoms with van der Waals surface area (Å²) < 4.78 is 1.22. The van der Waals surface area contributed by atoms with E-state index in [0.29, 0.717) is 0 Å². The molecule has 0 amide bonds. The molecule has 0 saturated carbocycles. The van der Waals surface area contributed by atoms with Crippen LogP contribution in [0.25, 0.3) is 0 Å². The first kappa shape index (κ1) is 13.4. The van der Waals surface area contributed by atoms with Crippen LogP contribution < -0.4 is 4.43 Å². The summed E-state index contributed by atoms with van der Waals surface area (Å²) in [4.78, 5) is 0. The molecule has 0 unspecified atom stereocenters. The van der Waals surface area contributed by atoms with Crippen molar-refractivity contribution in [2.75, 3.05) is 0 Å². The standard InChI is InChI=1S/C12H17.Al.2ClH/c1-4-10-8-7-9-11(5-2)12(10)6-3;;;/h7-8H,4-6H2,1-3H3;;2*1H/q;+2;;/p-2. The molecule has 82 valence electrons. The second-order valence-electron chi connectivity index (χ2n) is 3.63. The van der Waals surface area contributed by atoms with E-state index in [2.05, 4.69) is 32.9 Å². The minimum absolute atomic E-state index is 1.04. The average molecular weight is 259 g/mol. The van der Waals surface area contributed by atoms with Crippen LogP contribution in [-0.4, -0.2) is 12.3 Å². The zero-order valence-corrected chi connectivity index (χ0v) is 12.3. The Bertz CT molecular complexity index is 335. The van der Waals surface area contributed by atoms with Crippen molar-refractivity contribution in [1.29, 1.82) is 0 Å². The van der Waals surface area contributed by atoms with Gasteiger partial charge in [-0.1, -0.05) is 42.9 Å². The van der Waals surface area contributed by atoms with Crippen LogP contribution in [0.1, 0.15) is 37.5 Å². The number of hydrogen-bond donors (Lipinski definition) is 0. The largest absolute Gasteiger partial charge is 0.556 e. The van der Waals surface area contributed by atoms with Crippen LogP contribution in [0, 0.1) is 0 Å². The van der Waals surface area contributed by atoms with Gasteiger partial charge >= 0.3 is 12.3 Å². The van der Waals surface area contributed by atoms with E-state index in [1.54, 1.807) is 0 Å². The van der Waals surface area contributed by atoms with Gasteiger partial charge in [0.05, 0.1) is 0 Å². The highest BCUT2D eigenvalue weighted by Crippen LogP contribution is 2.17. The summed E-state index contributed by atoms with van der Waals surface area (Å²) >= 11 is -1.72. The second kappa shape index (κ2) is 6.16. The summed E-state index contributed by atoms with van der Waals surface area (Å²) in [7, 11) is 12.2. The maximum atomic E-state index is 6.12. The molecule has 0 heterocycles. The minimum atomic E-state index is -1.72. The van der Waals surface area contributed by atoms with Gasteiger partial charge in [-0.2, -0.15) is 0 Å². The molecule has 0 aliphatic rings. The van der Waals surface area contributed by atoms with Gasteiger partial charge in [0.15, 0.2) is 0 Å². The molecule has 0 saturated heterocycles. The van der Waals surface area contributed by atoms with E-state index in [-0.39, 0.29) is 0 Å². The average Bonchev–Trinajstić information content (AvgIpc) is 2.26. The van der Waals surface area contributed by atoms with Gasteiger partial charge < -0.3 is 0 Å². The Morgan fingerprint density at radius 3 is 1.93 bits per heavy atom. The molecule has 0 fully saturated rings. The first-order chi connectivity index (χ1) is 7.15. The van der Waals surface area contributed by atoms with E-state index in [0.717, 1.165) is 19.3 Å². The van der Waals surface area contributed by atoms with E-state index in [1.165, 1.54) is 21.1 Å². The van der Waals surface area contributed by atoms with Gasteiger partial charge in [-0.25, -0.2) is 20.1 Å². The molecular formula is C12H17AlCl2. The Labute approximate surface area is 105 Å². The van der Waals surface area contributed by atoms with Crippen molar-refractivity contribution < 1.29 is 0 Å². The maximum Gasteiger partial charge on any atom is 0.556 e. The molecular weight excluding hydrogens is 242 g/mol. The maximum absolute atomic E-state index is 6.12. The summed E-state index contributed by atoms with van der Waals surface area (Å²) in [5, 5.41) is 0. The Morgan fingerprint density at radius 2 is 1.53 bits per heavy atom. The third kappa shape index (κ3) is 2.92. The highest BCUT2D eigenvalue weighted by Gasteiger charge is 2.20. The van der Waals surface area contributed by atoms with E-state index in [4.69, 9.17) is 20.1 Å². The predicted molar refractivity (Wildman–Crippen MR) is 71.7 cm³/mol. The fraction of sp³-hybridized carbons (Fsp3) is 0.500. The summed E-state index contributed by atoms with van der Waals surface area (Å²) in [5.41, 5.74) is 4.32. The molecule has 1 aromatic carbocycles. The molecule has 0 radical (unpaired) electrons. The van der Waals surface area contributed by atoms with Gasteiger partial charge in [-0.05, 0) is 30.4 Å². The van der Waals surface area contributed by atoms with E-state index in [1.807, 2.05) is 0 Å². The zero-order chi connectivity index (χ0) is 11.4. The normalized spacial score (nSPS) is 10.5. The van der Waals surface area contributed by atoms with E-state index >= 15 is 0 Å². The summed E-state index contributed by atoms with van der Waals surface area (Å²) in [6.07, 6.45) is 3.21.